The van der Waals surface area contributed by atoms with E-state index in [-0.39, 0.29) is 12.3 Å². The molecule has 0 bridgehead atoms. The van der Waals surface area contributed by atoms with Crippen LogP contribution in [0.2, 0.25) is 0 Å². The molecular formula is C12H18F3NO3. The summed E-state index contributed by atoms with van der Waals surface area (Å²) in [5.74, 6) is -2.10. The van der Waals surface area contributed by atoms with E-state index in [1.54, 1.807) is 0 Å². The lowest BCUT2D eigenvalue weighted by Gasteiger charge is -2.22. The Bertz CT molecular complexity index is 325. The minimum Gasteiger partial charge on any atom is -0.480 e. The van der Waals surface area contributed by atoms with E-state index >= 15 is 0 Å². The van der Waals surface area contributed by atoms with E-state index in [9.17, 15) is 22.8 Å². The first-order valence-electron chi connectivity index (χ1n) is 6.37. The molecule has 1 fully saturated rings. The van der Waals surface area contributed by atoms with Crippen LogP contribution in [0.25, 0.3) is 0 Å². The second kappa shape index (κ2) is 6.77. The Hall–Kier alpha value is -1.27. The number of carbonyl (C=O) groups is 2. The molecule has 0 radical (unpaired) electrons. The molecule has 4 nitrogen and oxygen atoms in total. The number of alkyl halides is 3. The first-order chi connectivity index (χ1) is 8.78. The van der Waals surface area contributed by atoms with Gasteiger partial charge < -0.3 is 10.4 Å². The number of amides is 1. The van der Waals surface area contributed by atoms with Crippen molar-refractivity contribution in [2.75, 3.05) is 0 Å². The molecule has 1 aliphatic carbocycles. The molecule has 0 aromatic heterocycles. The fourth-order valence-electron chi connectivity index (χ4n) is 2.34. The van der Waals surface area contributed by atoms with Crippen LogP contribution in [0.4, 0.5) is 13.2 Å². The number of carboxylic acid groups (broad SMARTS) is 1. The van der Waals surface area contributed by atoms with Gasteiger partial charge in [-0.15, -0.1) is 0 Å². The Morgan fingerprint density at radius 2 is 1.79 bits per heavy atom. The fourth-order valence-corrected chi connectivity index (χ4v) is 2.34. The number of rotatable bonds is 5. The molecule has 19 heavy (non-hydrogen) atoms. The predicted octanol–water partition coefficient (Wildman–Crippen LogP) is 2.48. The zero-order chi connectivity index (χ0) is 14.5. The number of nitrogens with one attached hydrogen (secondary N) is 1. The number of hydrogen-bond donors (Lipinski definition) is 2. The highest BCUT2D eigenvalue weighted by molar-refractivity contribution is 5.83. The van der Waals surface area contributed by atoms with Crippen LogP contribution in [0.5, 0.6) is 0 Å². The Labute approximate surface area is 109 Å². The Balaban J connectivity index is 2.44. The quantitative estimate of drug-likeness (QED) is 0.813. The minimum absolute atomic E-state index is 0.113. The number of carbonyl (C=O) groups excluding carboxylic acids is 1. The molecule has 1 unspecified atom stereocenters. The van der Waals surface area contributed by atoms with E-state index in [0.29, 0.717) is 0 Å². The molecule has 0 aliphatic heterocycles. The lowest BCUT2D eigenvalue weighted by Crippen LogP contribution is -2.44. The molecule has 2 N–H and O–H groups in total. The summed E-state index contributed by atoms with van der Waals surface area (Å²) in [6.07, 6.45) is -1.13. The number of halogens is 3. The molecule has 0 saturated heterocycles. The van der Waals surface area contributed by atoms with Gasteiger partial charge in [-0.25, -0.2) is 4.79 Å². The monoisotopic (exact) mass is 281 g/mol. The Morgan fingerprint density at radius 1 is 1.21 bits per heavy atom. The first kappa shape index (κ1) is 15.8. The van der Waals surface area contributed by atoms with Crippen molar-refractivity contribution in [2.45, 2.75) is 57.2 Å². The second-order valence-corrected chi connectivity index (χ2v) is 4.99. The fraction of sp³-hybridized carbons (Fsp3) is 0.833. The highest BCUT2D eigenvalue weighted by Gasteiger charge is 2.36. The van der Waals surface area contributed by atoms with Gasteiger partial charge in [-0.05, 0) is 18.8 Å². The molecular weight excluding hydrogens is 263 g/mol. The molecule has 7 heteroatoms. The summed E-state index contributed by atoms with van der Waals surface area (Å²) in [5, 5.41) is 10.6. The van der Waals surface area contributed by atoms with Crippen molar-refractivity contribution in [3.63, 3.8) is 0 Å². The summed E-state index contributed by atoms with van der Waals surface area (Å²) >= 11 is 0. The largest absolute Gasteiger partial charge is 0.480 e. The maximum Gasteiger partial charge on any atom is 0.391 e. The van der Waals surface area contributed by atoms with Crippen molar-refractivity contribution in [3.05, 3.63) is 0 Å². The van der Waals surface area contributed by atoms with Gasteiger partial charge in [-0.3, -0.25) is 4.79 Å². The van der Waals surface area contributed by atoms with E-state index < -0.39 is 30.5 Å². The van der Waals surface area contributed by atoms with Gasteiger partial charge in [-0.2, -0.15) is 13.2 Å². The third kappa shape index (κ3) is 6.45. The number of hydrogen-bond acceptors (Lipinski definition) is 2. The zero-order valence-electron chi connectivity index (χ0n) is 10.5. The average Bonchev–Trinajstić information content (AvgIpc) is 2.27. The van der Waals surface area contributed by atoms with Gasteiger partial charge in [0.2, 0.25) is 5.91 Å². The van der Waals surface area contributed by atoms with E-state index in [2.05, 4.69) is 0 Å². The second-order valence-electron chi connectivity index (χ2n) is 4.99. The van der Waals surface area contributed by atoms with Crippen LogP contribution >= 0.6 is 0 Å². The molecule has 0 aromatic rings. The van der Waals surface area contributed by atoms with Crippen LogP contribution in [-0.4, -0.2) is 29.2 Å². The highest BCUT2D eigenvalue weighted by atomic mass is 19.4. The van der Waals surface area contributed by atoms with Crippen LogP contribution < -0.4 is 5.32 Å². The van der Waals surface area contributed by atoms with Crippen LogP contribution in [0.15, 0.2) is 0 Å². The average molecular weight is 281 g/mol. The van der Waals surface area contributed by atoms with E-state index in [1.807, 2.05) is 5.32 Å². The van der Waals surface area contributed by atoms with Crippen molar-refractivity contribution in [2.24, 2.45) is 5.92 Å². The Kier molecular flexibility index (Phi) is 5.62. The van der Waals surface area contributed by atoms with Crippen molar-refractivity contribution in [1.82, 2.24) is 5.32 Å². The van der Waals surface area contributed by atoms with Crippen LogP contribution in [-0.2, 0) is 9.59 Å². The van der Waals surface area contributed by atoms with E-state index in [1.165, 1.54) is 0 Å². The topological polar surface area (TPSA) is 66.4 Å². The predicted molar refractivity (Wildman–Crippen MR) is 61.4 cm³/mol. The Morgan fingerprint density at radius 3 is 2.26 bits per heavy atom. The first-order valence-corrected chi connectivity index (χ1v) is 6.37. The molecule has 0 heterocycles. The van der Waals surface area contributed by atoms with Gasteiger partial charge in [-0.1, -0.05) is 19.3 Å². The van der Waals surface area contributed by atoms with Crippen molar-refractivity contribution >= 4 is 11.9 Å². The zero-order valence-corrected chi connectivity index (χ0v) is 10.5. The van der Waals surface area contributed by atoms with Gasteiger partial charge in [0.1, 0.15) is 6.04 Å². The van der Waals surface area contributed by atoms with E-state index in [4.69, 9.17) is 5.11 Å². The summed E-state index contributed by atoms with van der Waals surface area (Å²) < 4.78 is 36.5. The number of aliphatic carboxylic acids is 1. The van der Waals surface area contributed by atoms with Gasteiger partial charge in [0.15, 0.2) is 0 Å². The summed E-state index contributed by atoms with van der Waals surface area (Å²) in [5.41, 5.74) is 0. The molecule has 110 valence electrons. The smallest absolute Gasteiger partial charge is 0.391 e. The molecule has 1 saturated carbocycles. The van der Waals surface area contributed by atoms with Gasteiger partial charge >= 0.3 is 12.1 Å². The van der Waals surface area contributed by atoms with Crippen molar-refractivity contribution in [1.29, 1.82) is 0 Å². The SMILES string of the molecule is O=C(CC1CCCCC1)NC(CC(F)(F)F)C(=O)O. The normalized spacial score (nSPS) is 18.9. The summed E-state index contributed by atoms with van der Waals surface area (Å²) in [6, 6.07) is -1.89. The van der Waals surface area contributed by atoms with Crippen molar-refractivity contribution < 1.29 is 27.9 Å². The molecule has 1 atom stereocenters. The molecule has 1 amide bonds. The minimum atomic E-state index is -4.61. The van der Waals surface area contributed by atoms with Gasteiger partial charge in [0.05, 0.1) is 6.42 Å². The van der Waals surface area contributed by atoms with Gasteiger partial charge in [0, 0.05) is 6.42 Å². The van der Waals surface area contributed by atoms with Crippen molar-refractivity contribution in [3.8, 4) is 0 Å². The summed E-state index contributed by atoms with van der Waals surface area (Å²) in [4.78, 5) is 22.3. The molecule has 0 aromatic carbocycles. The lowest BCUT2D eigenvalue weighted by molar-refractivity contribution is -0.160. The maximum absolute atomic E-state index is 12.2. The third-order valence-corrected chi connectivity index (χ3v) is 3.27. The highest BCUT2D eigenvalue weighted by Crippen LogP contribution is 2.26. The maximum atomic E-state index is 12.2. The van der Waals surface area contributed by atoms with Crippen LogP contribution in [0, 0.1) is 5.92 Å². The lowest BCUT2D eigenvalue weighted by atomic mass is 9.87. The standard InChI is InChI=1S/C12H18F3NO3/c13-12(14,15)7-9(11(18)19)16-10(17)6-8-4-2-1-3-5-8/h8-9H,1-7H2,(H,16,17)(H,18,19). The van der Waals surface area contributed by atoms with Gasteiger partial charge in [0.25, 0.3) is 0 Å². The summed E-state index contributed by atoms with van der Waals surface area (Å²) in [6.45, 7) is 0. The molecule has 1 aliphatic rings. The third-order valence-electron chi connectivity index (χ3n) is 3.27. The molecule has 1 rings (SSSR count). The number of carboxylic acids is 1. The summed E-state index contributed by atoms with van der Waals surface area (Å²) in [7, 11) is 0. The van der Waals surface area contributed by atoms with Crippen LogP contribution in [0.3, 0.4) is 0 Å². The molecule has 0 spiro atoms. The van der Waals surface area contributed by atoms with E-state index in [0.717, 1.165) is 32.1 Å². The van der Waals surface area contributed by atoms with Crippen LogP contribution in [0.1, 0.15) is 44.9 Å².